The van der Waals surface area contributed by atoms with E-state index in [2.05, 4.69) is 5.32 Å². The number of aromatic nitrogens is 2. The average molecular weight is 379 g/mol. The van der Waals surface area contributed by atoms with Gasteiger partial charge in [0.05, 0.1) is 7.11 Å². The van der Waals surface area contributed by atoms with Crippen LogP contribution in [0.3, 0.4) is 0 Å². The summed E-state index contributed by atoms with van der Waals surface area (Å²) in [6, 6.07) is 12.3. The predicted molar refractivity (Wildman–Crippen MR) is 107 cm³/mol. The minimum absolute atomic E-state index is 0.246. The Kier molecular flexibility index (Phi) is 5.44. The van der Waals surface area contributed by atoms with Crippen molar-refractivity contribution in [3.8, 4) is 11.4 Å². The van der Waals surface area contributed by atoms with Crippen molar-refractivity contribution in [2.45, 2.75) is 20.4 Å². The number of rotatable bonds is 5. The van der Waals surface area contributed by atoms with Crippen molar-refractivity contribution in [1.82, 2.24) is 9.13 Å². The van der Waals surface area contributed by atoms with Gasteiger partial charge in [-0.2, -0.15) is 0 Å². The van der Waals surface area contributed by atoms with Crippen molar-refractivity contribution in [2.24, 2.45) is 0 Å². The number of nitrogens with one attached hydrogen (secondary N) is 1. The summed E-state index contributed by atoms with van der Waals surface area (Å²) < 4.78 is 7.42. The van der Waals surface area contributed by atoms with Crippen molar-refractivity contribution in [3.05, 3.63) is 86.7 Å². The lowest BCUT2D eigenvalue weighted by molar-refractivity contribution is -0.116. The molecule has 0 aliphatic carbocycles. The highest BCUT2D eigenvalue weighted by Crippen LogP contribution is 2.14. The van der Waals surface area contributed by atoms with E-state index in [9.17, 15) is 14.4 Å². The van der Waals surface area contributed by atoms with E-state index in [0.717, 1.165) is 15.7 Å². The molecule has 1 N–H and O–H groups in total. The van der Waals surface area contributed by atoms with Crippen molar-refractivity contribution in [2.75, 3.05) is 12.4 Å². The van der Waals surface area contributed by atoms with E-state index in [4.69, 9.17) is 4.74 Å². The Morgan fingerprint density at radius 3 is 2.32 bits per heavy atom. The standard InChI is InChI=1S/C21H21N3O4/c1-14-4-5-16(12-15(14)2)22-19(25)13-23-10-11-24(21(27)20(23)26)17-6-8-18(28-3)9-7-17/h4-12H,13H2,1-3H3,(H,22,25). The molecule has 0 unspecified atom stereocenters. The molecule has 3 rings (SSSR count). The van der Waals surface area contributed by atoms with Gasteiger partial charge in [0, 0.05) is 23.8 Å². The van der Waals surface area contributed by atoms with Gasteiger partial charge in [-0.05, 0) is 61.4 Å². The maximum absolute atomic E-state index is 12.4. The average Bonchev–Trinajstić information content (AvgIpc) is 2.69. The fourth-order valence-corrected chi connectivity index (χ4v) is 2.75. The number of carbonyl (C=O) groups excluding carboxylic acids is 1. The lowest BCUT2D eigenvalue weighted by atomic mass is 10.1. The Hall–Kier alpha value is -3.61. The predicted octanol–water partition coefficient (Wildman–Crippen LogP) is 2.26. The van der Waals surface area contributed by atoms with Gasteiger partial charge >= 0.3 is 11.1 Å². The first kappa shape index (κ1) is 19.2. The maximum atomic E-state index is 12.4. The van der Waals surface area contributed by atoms with Crippen LogP contribution in [0.4, 0.5) is 5.69 Å². The van der Waals surface area contributed by atoms with Crippen LogP contribution < -0.4 is 21.2 Å². The molecule has 1 aromatic heterocycles. The van der Waals surface area contributed by atoms with Gasteiger partial charge in [0.25, 0.3) is 0 Å². The Morgan fingerprint density at radius 2 is 1.68 bits per heavy atom. The maximum Gasteiger partial charge on any atom is 0.320 e. The molecule has 0 saturated carbocycles. The highest BCUT2D eigenvalue weighted by molar-refractivity contribution is 5.90. The Morgan fingerprint density at radius 1 is 0.964 bits per heavy atom. The van der Waals surface area contributed by atoms with E-state index >= 15 is 0 Å². The van der Waals surface area contributed by atoms with Crippen LogP contribution in [0, 0.1) is 13.8 Å². The van der Waals surface area contributed by atoms with Crippen LogP contribution in [0.1, 0.15) is 11.1 Å². The van der Waals surface area contributed by atoms with Gasteiger partial charge in [0.2, 0.25) is 5.91 Å². The zero-order valence-electron chi connectivity index (χ0n) is 15.9. The fourth-order valence-electron chi connectivity index (χ4n) is 2.75. The monoisotopic (exact) mass is 379 g/mol. The largest absolute Gasteiger partial charge is 0.497 e. The number of anilines is 1. The van der Waals surface area contributed by atoms with E-state index in [1.165, 1.54) is 17.0 Å². The van der Waals surface area contributed by atoms with Gasteiger partial charge in [0.15, 0.2) is 0 Å². The molecule has 1 heterocycles. The molecule has 0 radical (unpaired) electrons. The van der Waals surface area contributed by atoms with Crippen LogP contribution in [0.5, 0.6) is 5.75 Å². The summed E-state index contributed by atoms with van der Waals surface area (Å²) in [5, 5.41) is 2.74. The third-order valence-corrected chi connectivity index (χ3v) is 4.51. The Balaban J connectivity index is 1.80. The first-order valence-electron chi connectivity index (χ1n) is 8.72. The highest BCUT2D eigenvalue weighted by Gasteiger charge is 2.11. The molecule has 144 valence electrons. The summed E-state index contributed by atoms with van der Waals surface area (Å²) in [6.07, 6.45) is 2.89. The van der Waals surface area contributed by atoms with Gasteiger partial charge < -0.3 is 10.1 Å². The molecular weight excluding hydrogens is 358 g/mol. The second-order valence-corrected chi connectivity index (χ2v) is 6.45. The third-order valence-electron chi connectivity index (χ3n) is 4.51. The van der Waals surface area contributed by atoms with E-state index in [-0.39, 0.29) is 12.5 Å². The van der Waals surface area contributed by atoms with E-state index in [0.29, 0.717) is 17.1 Å². The summed E-state index contributed by atoms with van der Waals surface area (Å²) in [5.74, 6) is 0.264. The van der Waals surface area contributed by atoms with Crippen molar-refractivity contribution >= 4 is 11.6 Å². The Bertz CT molecular complexity index is 1130. The van der Waals surface area contributed by atoms with Crippen LogP contribution >= 0.6 is 0 Å². The number of amides is 1. The molecule has 2 aromatic carbocycles. The van der Waals surface area contributed by atoms with E-state index in [1.54, 1.807) is 37.4 Å². The summed E-state index contributed by atoms with van der Waals surface area (Å²) in [7, 11) is 1.55. The van der Waals surface area contributed by atoms with Crippen LogP contribution in [0.25, 0.3) is 5.69 Å². The van der Waals surface area contributed by atoms with Crippen LogP contribution in [-0.2, 0) is 11.3 Å². The number of hydrogen-bond acceptors (Lipinski definition) is 4. The molecule has 1 amide bonds. The zero-order valence-corrected chi connectivity index (χ0v) is 15.9. The number of aryl methyl sites for hydroxylation is 2. The summed E-state index contributed by atoms with van der Waals surface area (Å²) >= 11 is 0. The number of methoxy groups -OCH3 is 1. The number of hydrogen-bond donors (Lipinski definition) is 1. The molecule has 0 bridgehead atoms. The van der Waals surface area contributed by atoms with Crippen molar-refractivity contribution in [3.63, 3.8) is 0 Å². The van der Waals surface area contributed by atoms with E-state index in [1.807, 2.05) is 26.0 Å². The van der Waals surface area contributed by atoms with Crippen LogP contribution in [-0.4, -0.2) is 22.2 Å². The molecule has 0 aliphatic rings. The van der Waals surface area contributed by atoms with Gasteiger partial charge in [-0.25, -0.2) is 0 Å². The van der Waals surface area contributed by atoms with Gasteiger partial charge in [-0.15, -0.1) is 0 Å². The number of carbonyl (C=O) groups is 1. The molecule has 7 heteroatoms. The quantitative estimate of drug-likeness (QED) is 0.690. The zero-order chi connectivity index (χ0) is 20.3. The van der Waals surface area contributed by atoms with E-state index < -0.39 is 11.1 Å². The summed E-state index contributed by atoms with van der Waals surface area (Å²) in [5.41, 5.74) is 1.86. The molecule has 0 aliphatic heterocycles. The molecular formula is C21H21N3O4. The fraction of sp³-hybridized carbons (Fsp3) is 0.190. The number of ether oxygens (including phenoxy) is 1. The first-order chi connectivity index (χ1) is 13.4. The molecule has 0 fully saturated rings. The smallest absolute Gasteiger partial charge is 0.320 e. The third kappa shape index (κ3) is 4.03. The molecule has 28 heavy (non-hydrogen) atoms. The second-order valence-electron chi connectivity index (χ2n) is 6.45. The minimum atomic E-state index is -0.770. The highest BCUT2D eigenvalue weighted by atomic mass is 16.5. The number of benzene rings is 2. The lowest BCUT2D eigenvalue weighted by Crippen LogP contribution is -2.41. The van der Waals surface area contributed by atoms with Crippen molar-refractivity contribution in [1.29, 1.82) is 0 Å². The van der Waals surface area contributed by atoms with Gasteiger partial charge in [-0.1, -0.05) is 6.07 Å². The molecule has 0 saturated heterocycles. The van der Waals surface area contributed by atoms with Gasteiger partial charge in [0.1, 0.15) is 12.3 Å². The molecule has 3 aromatic rings. The van der Waals surface area contributed by atoms with Crippen LogP contribution in [0.2, 0.25) is 0 Å². The molecule has 7 nitrogen and oxygen atoms in total. The normalized spacial score (nSPS) is 10.5. The minimum Gasteiger partial charge on any atom is -0.497 e. The summed E-state index contributed by atoms with van der Waals surface area (Å²) in [4.78, 5) is 37.1. The molecule has 0 atom stereocenters. The Labute approximate surface area is 161 Å². The first-order valence-corrected chi connectivity index (χ1v) is 8.72. The second kappa shape index (κ2) is 7.96. The lowest BCUT2D eigenvalue weighted by Gasteiger charge is -2.11. The van der Waals surface area contributed by atoms with Crippen LogP contribution in [0.15, 0.2) is 64.4 Å². The SMILES string of the molecule is COc1ccc(-n2ccn(CC(=O)Nc3ccc(C)c(C)c3)c(=O)c2=O)cc1. The topological polar surface area (TPSA) is 82.3 Å². The number of nitrogens with zero attached hydrogens (tertiary/aromatic N) is 2. The van der Waals surface area contributed by atoms with Gasteiger partial charge in [-0.3, -0.25) is 23.5 Å². The van der Waals surface area contributed by atoms with Crippen molar-refractivity contribution < 1.29 is 9.53 Å². The summed E-state index contributed by atoms with van der Waals surface area (Å²) in [6.45, 7) is 3.69. The molecule has 0 spiro atoms.